The number of rotatable bonds is 1. The van der Waals surface area contributed by atoms with Crippen molar-refractivity contribution in [2.24, 2.45) is 0 Å². The summed E-state index contributed by atoms with van der Waals surface area (Å²) in [6.45, 7) is -0.595. The molecule has 0 unspecified atom stereocenters. The summed E-state index contributed by atoms with van der Waals surface area (Å²) in [5.41, 5.74) is 0. The number of alkyl halides is 3. The second-order valence-electron chi connectivity index (χ2n) is 2.27. The van der Waals surface area contributed by atoms with E-state index in [9.17, 15) is 22.8 Å². The smallest absolute Gasteiger partial charge is 0.359 e. The SMILES string of the molecule is O=C1CN(OC(=O)C(F)(F)F)CN1. The molecule has 1 amide bonds. The Labute approximate surface area is 70.4 Å². The standard InChI is InChI=1S/C5H5F3N2O3/c6-5(7,8)4(12)13-10-1-3(11)9-2-10/h1-2H2,(H,9,11). The van der Waals surface area contributed by atoms with Gasteiger partial charge in [-0.05, 0) is 0 Å². The lowest BCUT2D eigenvalue weighted by Gasteiger charge is -2.13. The van der Waals surface area contributed by atoms with Crippen LogP contribution in [0.2, 0.25) is 0 Å². The number of hydroxylamine groups is 2. The average molecular weight is 198 g/mol. The first-order valence-electron chi connectivity index (χ1n) is 3.20. The van der Waals surface area contributed by atoms with Gasteiger partial charge in [-0.15, -0.1) is 5.06 Å². The van der Waals surface area contributed by atoms with Gasteiger partial charge in [-0.25, -0.2) is 4.79 Å². The number of hydrogen-bond donors (Lipinski definition) is 1. The highest BCUT2D eigenvalue weighted by molar-refractivity contribution is 5.80. The van der Waals surface area contributed by atoms with E-state index in [4.69, 9.17) is 0 Å². The van der Waals surface area contributed by atoms with Crippen LogP contribution < -0.4 is 5.32 Å². The molecule has 1 saturated heterocycles. The van der Waals surface area contributed by atoms with E-state index in [2.05, 4.69) is 10.2 Å². The third-order valence-corrected chi connectivity index (χ3v) is 1.22. The summed E-state index contributed by atoms with van der Waals surface area (Å²) in [6, 6.07) is 0. The molecule has 0 bridgehead atoms. The first-order valence-corrected chi connectivity index (χ1v) is 3.20. The molecule has 0 aromatic carbocycles. The molecule has 1 N–H and O–H groups in total. The summed E-state index contributed by atoms with van der Waals surface area (Å²) >= 11 is 0. The third-order valence-electron chi connectivity index (χ3n) is 1.22. The minimum atomic E-state index is -5.04. The Bertz CT molecular complexity index is 240. The summed E-state index contributed by atoms with van der Waals surface area (Å²) in [5, 5.41) is 2.76. The molecular weight excluding hydrogens is 193 g/mol. The molecule has 5 nitrogen and oxygen atoms in total. The highest BCUT2D eigenvalue weighted by Gasteiger charge is 2.43. The number of carbonyl (C=O) groups is 2. The fourth-order valence-electron chi connectivity index (χ4n) is 0.682. The Hall–Kier alpha value is -1.31. The van der Waals surface area contributed by atoms with E-state index in [1.165, 1.54) is 0 Å². The summed E-state index contributed by atoms with van der Waals surface area (Å²) in [7, 11) is 0. The van der Waals surface area contributed by atoms with Crippen molar-refractivity contribution in [3.8, 4) is 0 Å². The molecule has 0 atom stereocenters. The molecule has 1 heterocycles. The largest absolute Gasteiger partial charge is 0.492 e. The minimum Gasteiger partial charge on any atom is -0.359 e. The summed E-state index contributed by atoms with van der Waals surface area (Å²) in [5.74, 6) is -2.82. The minimum absolute atomic E-state index is 0.222. The van der Waals surface area contributed by atoms with E-state index in [1.54, 1.807) is 0 Å². The molecule has 0 aromatic heterocycles. The summed E-state index contributed by atoms with van der Waals surface area (Å²) < 4.78 is 34.8. The van der Waals surface area contributed by atoms with Crippen molar-refractivity contribution >= 4 is 11.9 Å². The molecule has 0 radical (unpaired) electrons. The highest BCUT2D eigenvalue weighted by atomic mass is 19.4. The Morgan fingerprint density at radius 3 is 2.54 bits per heavy atom. The maximum absolute atomic E-state index is 11.6. The molecule has 1 rings (SSSR count). The van der Waals surface area contributed by atoms with Crippen LogP contribution in [0.1, 0.15) is 0 Å². The molecule has 1 aliphatic rings. The van der Waals surface area contributed by atoms with E-state index in [1.807, 2.05) is 0 Å². The van der Waals surface area contributed by atoms with Crippen molar-refractivity contribution in [1.82, 2.24) is 10.4 Å². The Morgan fingerprint density at radius 1 is 1.54 bits per heavy atom. The van der Waals surface area contributed by atoms with E-state index in [-0.39, 0.29) is 13.2 Å². The molecular formula is C5H5F3N2O3. The van der Waals surface area contributed by atoms with Crippen LogP contribution >= 0.6 is 0 Å². The number of nitrogens with zero attached hydrogens (tertiary/aromatic N) is 1. The van der Waals surface area contributed by atoms with Gasteiger partial charge in [0.05, 0.1) is 0 Å². The predicted molar refractivity (Wildman–Crippen MR) is 31.9 cm³/mol. The zero-order chi connectivity index (χ0) is 10.1. The zero-order valence-electron chi connectivity index (χ0n) is 6.22. The highest BCUT2D eigenvalue weighted by Crippen LogP contribution is 2.17. The van der Waals surface area contributed by atoms with Crippen LogP contribution in [0, 0.1) is 0 Å². The van der Waals surface area contributed by atoms with Crippen molar-refractivity contribution in [2.45, 2.75) is 6.18 Å². The van der Waals surface area contributed by atoms with E-state index in [0.717, 1.165) is 0 Å². The van der Waals surface area contributed by atoms with E-state index in [0.29, 0.717) is 5.06 Å². The fraction of sp³-hybridized carbons (Fsp3) is 0.600. The van der Waals surface area contributed by atoms with Crippen LogP contribution in [0.15, 0.2) is 0 Å². The zero-order valence-corrected chi connectivity index (χ0v) is 6.22. The van der Waals surface area contributed by atoms with Crippen molar-refractivity contribution in [1.29, 1.82) is 0 Å². The Balaban J connectivity index is 2.42. The predicted octanol–water partition coefficient (Wildman–Crippen LogP) is -0.604. The van der Waals surface area contributed by atoms with Gasteiger partial charge in [-0.2, -0.15) is 13.2 Å². The third kappa shape index (κ3) is 2.58. The first kappa shape index (κ1) is 9.78. The lowest BCUT2D eigenvalue weighted by Crippen LogP contribution is -2.34. The van der Waals surface area contributed by atoms with Gasteiger partial charge in [-0.3, -0.25) is 4.79 Å². The van der Waals surface area contributed by atoms with E-state index >= 15 is 0 Å². The Kier molecular flexibility index (Phi) is 2.41. The average Bonchev–Trinajstić information content (AvgIpc) is 2.33. The second kappa shape index (κ2) is 3.21. The van der Waals surface area contributed by atoms with Crippen molar-refractivity contribution in [3.63, 3.8) is 0 Å². The maximum atomic E-state index is 11.6. The number of halogens is 3. The number of nitrogens with one attached hydrogen (secondary N) is 1. The number of amides is 1. The second-order valence-corrected chi connectivity index (χ2v) is 2.27. The van der Waals surface area contributed by atoms with Gasteiger partial charge in [0, 0.05) is 0 Å². The topological polar surface area (TPSA) is 58.6 Å². The molecule has 0 saturated carbocycles. The molecule has 0 aromatic rings. The monoisotopic (exact) mass is 198 g/mol. The van der Waals surface area contributed by atoms with Crippen LogP contribution in [-0.4, -0.2) is 36.3 Å². The molecule has 1 aliphatic heterocycles. The van der Waals surface area contributed by atoms with Crippen molar-refractivity contribution in [2.75, 3.05) is 13.2 Å². The first-order chi connectivity index (χ1) is 5.89. The summed E-state index contributed by atoms with van der Waals surface area (Å²) in [4.78, 5) is 24.5. The van der Waals surface area contributed by atoms with Crippen LogP contribution in [-0.2, 0) is 14.4 Å². The molecule has 8 heteroatoms. The van der Waals surface area contributed by atoms with E-state index < -0.39 is 18.1 Å². The van der Waals surface area contributed by atoms with Gasteiger partial charge in [0.2, 0.25) is 5.91 Å². The number of carbonyl (C=O) groups excluding carboxylic acids is 2. The van der Waals surface area contributed by atoms with Crippen molar-refractivity contribution in [3.05, 3.63) is 0 Å². The van der Waals surface area contributed by atoms with Crippen LogP contribution in [0.3, 0.4) is 0 Å². The van der Waals surface area contributed by atoms with Crippen molar-refractivity contribution < 1.29 is 27.6 Å². The summed E-state index contributed by atoms with van der Waals surface area (Å²) in [6.07, 6.45) is -5.04. The van der Waals surface area contributed by atoms with Gasteiger partial charge >= 0.3 is 12.1 Å². The Morgan fingerprint density at radius 2 is 2.15 bits per heavy atom. The maximum Gasteiger partial charge on any atom is 0.492 e. The normalized spacial score (nSPS) is 18.5. The van der Waals surface area contributed by atoms with Gasteiger partial charge in [0.25, 0.3) is 0 Å². The van der Waals surface area contributed by atoms with Crippen LogP contribution in [0.4, 0.5) is 13.2 Å². The van der Waals surface area contributed by atoms with Gasteiger partial charge in [-0.1, -0.05) is 0 Å². The van der Waals surface area contributed by atoms with Gasteiger partial charge in [0.1, 0.15) is 13.2 Å². The molecule has 1 fully saturated rings. The molecule has 13 heavy (non-hydrogen) atoms. The van der Waals surface area contributed by atoms with Crippen LogP contribution in [0.5, 0.6) is 0 Å². The van der Waals surface area contributed by atoms with Gasteiger partial charge in [0.15, 0.2) is 0 Å². The lowest BCUT2D eigenvalue weighted by molar-refractivity contribution is -0.234. The lowest BCUT2D eigenvalue weighted by atomic mass is 10.6. The molecule has 0 aliphatic carbocycles. The van der Waals surface area contributed by atoms with Gasteiger partial charge < -0.3 is 10.2 Å². The molecule has 0 spiro atoms. The van der Waals surface area contributed by atoms with Crippen LogP contribution in [0.25, 0.3) is 0 Å². The number of hydrogen-bond acceptors (Lipinski definition) is 4. The fourth-order valence-corrected chi connectivity index (χ4v) is 0.682. The quantitative estimate of drug-likeness (QED) is 0.611. The molecule has 74 valence electrons.